The minimum Gasteiger partial charge on any atom is -0.354 e. The number of halogens is 1. The Hall–Kier alpha value is -2.94. The Balaban J connectivity index is 2.35. The van der Waals surface area contributed by atoms with E-state index in [9.17, 15) is 22.4 Å². The molecule has 2 aromatic carbocycles. The minimum atomic E-state index is -3.79. The molecular weight excluding hydrogens is 469 g/mol. The lowest BCUT2D eigenvalue weighted by atomic mass is 10.0. The molecule has 0 saturated heterocycles. The van der Waals surface area contributed by atoms with Crippen LogP contribution in [0.2, 0.25) is 0 Å². The lowest BCUT2D eigenvalue weighted by molar-refractivity contribution is -0.139. The zero-order valence-corrected chi connectivity index (χ0v) is 22.1. The number of carbonyl (C=O) groups is 2. The van der Waals surface area contributed by atoms with E-state index in [1.807, 2.05) is 39.8 Å². The topological polar surface area (TPSA) is 86.8 Å². The summed E-state index contributed by atoms with van der Waals surface area (Å²) in [6.45, 7) is 9.58. The summed E-state index contributed by atoms with van der Waals surface area (Å²) in [6, 6.07) is 11.8. The first kappa shape index (κ1) is 28.3. The highest BCUT2D eigenvalue weighted by Crippen LogP contribution is 2.23. The van der Waals surface area contributed by atoms with Crippen molar-refractivity contribution in [3.05, 3.63) is 65.5 Å². The molecule has 0 aliphatic carbocycles. The first-order chi connectivity index (χ1) is 16.3. The molecule has 0 saturated carbocycles. The van der Waals surface area contributed by atoms with Gasteiger partial charge in [-0.25, -0.2) is 12.8 Å². The lowest BCUT2D eigenvalue weighted by Gasteiger charge is -2.31. The van der Waals surface area contributed by atoms with Gasteiger partial charge in [-0.15, -0.1) is 0 Å². The van der Waals surface area contributed by atoms with E-state index in [-0.39, 0.29) is 24.3 Å². The number of nitrogens with zero attached hydrogens (tertiary/aromatic N) is 2. The Morgan fingerprint density at radius 1 is 0.943 bits per heavy atom. The highest BCUT2D eigenvalue weighted by atomic mass is 32.2. The Bertz CT molecular complexity index is 1100. The minimum absolute atomic E-state index is 0.0271. The molecule has 0 spiro atoms. The number of hydrogen-bond acceptors (Lipinski definition) is 4. The van der Waals surface area contributed by atoms with Crippen LogP contribution in [-0.2, 0) is 26.2 Å². The van der Waals surface area contributed by atoms with Crippen LogP contribution in [-0.4, -0.2) is 50.5 Å². The first-order valence-electron chi connectivity index (χ1n) is 11.7. The molecule has 2 rings (SSSR count). The van der Waals surface area contributed by atoms with Crippen molar-refractivity contribution in [2.24, 2.45) is 5.92 Å². The molecule has 0 fully saturated rings. The van der Waals surface area contributed by atoms with Gasteiger partial charge in [-0.1, -0.05) is 52.0 Å². The molecule has 0 unspecified atom stereocenters. The number of hydrogen-bond donors (Lipinski definition) is 1. The van der Waals surface area contributed by atoms with E-state index in [4.69, 9.17) is 0 Å². The number of benzene rings is 2. The summed E-state index contributed by atoms with van der Waals surface area (Å²) in [6.07, 6.45) is 1.04. The summed E-state index contributed by atoms with van der Waals surface area (Å²) in [5.41, 5.74) is 2.03. The highest BCUT2D eigenvalue weighted by Gasteiger charge is 2.30. The molecule has 0 heterocycles. The molecule has 0 aromatic heterocycles. The maximum atomic E-state index is 13.5. The molecule has 1 atom stereocenters. The van der Waals surface area contributed by atoms with Crippen molar-refractivity contribution in [3.63, 3.8) is 0 Å². The van der Waals surface area contributed by atoms with Crippen LogP contribution in [0.4, 0.5) is 10.1 Å². The van der Waals surface area contributed by atoms with Crippen molar-refractivity contribution in [1.82, 2.24) is 10.2 Å². The van der Waals surface area contributed by atoms with Gasteiger partial charge in [-0.05, 0) is 54.2 Å². The van der Waals surface area contributed by atoms with Gasteiger partial charge in [0.15, 0.2) is 0 Å². The van der Waals surface area contributed by atoms with Crippen molar-refractivity contribution in [2.45, 2.75) is 53.1 Å². The van der Waals surface area contributed by atoms with Gasteiger partial charge in [0, 0.05) is 13.1 Å². The summed E-state index contributed by atoms with van der Waals surface area (Å²) in [7, 11) is -3.79. The van der Waals surface area contributed by atoms with Gasteiger partial charge < -0.3 is 10.2 Å². The van der Waals surface area contributed by atoms with Crippen LogP contribution < -0.4 is 9.62 Å². The molecule has 35 heavy (non-hydrogen) atoms. The predicted octanol–water partition coefficient (Wildman–Crippen LogP) is 3.90. The maximum Gasteiger partial charge on any atom is 0.244 e. The fourth-order valence-corrected chi connectivity index (χ4v) is 4.31. The van der Waals surface area contributed by atoms with Gasteiger partial charge >= 0.3 is 0 Å². The Morgan fingerprint density at radius 3 is 2.00 bits per heavy atom. The van der Waals surface area contributed by atoms with Gasteiger partial charge in [-0.2, -0.15) is 0 Å². The molecule has 2 amide bonds. The van der Waals surface area contributed by atoms with Crippen LogP contribution in [0.3, 0.4) is 0 Å². The third-order valence-corrected chi connectivity index (χ3v) is 6.79. The SMILES string of the molecule is CC(C)CNC(=O)[C@@H](C)N(Cc1ccc(F)cc1)C(=O)CN(c1ccc(C(C)C)cc1)S(C)(=O)=O. The van der Waals surface area contributed by atoms with E-state index < -0.39 is 34.3 Å². The smallest absolute Gasteiger partial charge is 0.244 e. The first-order valence-corrected chi connectivity index (χ1v) is 13.5. The second kappa shape index (κ2) is 12.2. The molecular formula is C26H36FN3O4S. The fraction of sp³-hybridized carbons (Fsp3) is 0.462. The number of sulfonamides is 1. The molecule has 9 heteroatoms. The molecule has 2 aromatic rings. The van der Waals surface area contributed by atoms with Crippen molar-refractivity contribution in [2.75, 3.05) is 23.7 Å². The maximum absolute atomic E-state index is 13.5. The van der Waals surface area contributed by atoms with Gasteiger partial charge in [0.25, 0.3) is 0 Å². The quantitative estimate of drug-likeness (QED) is 0.502. The zero-order chi connectivity index (χ0) is 26.3. The molecule has 7 nitrogen and oxygen atoms in total. The summed E-state index contributed by atoms with van der Waals surface area (Å²) in [5, 5.41) is 2.82. The standard InChI is InChI=1S/C26H36FN3O4S/c1-18(2)15-28-26(32)20(5)29(16-21-7-11-23(27)12-8-21)25(31)17-30(35(6,33)34)24-13-9-22(10-14-24)19(3)4/h7-14,18-20H,15-17H2,1-6H3,(H,28,32)/t20-/m1/s1. The van der Waals surface area contributed by atoms with Crippen LogP contribution in [0.5, 0.6) is 0 Å². The average Bonchev–Trinajstić information content (AvgIpc) is 2.79. The van der Waals surface area contributed by atoms with Crippen molar-refractivity contribution in [1.29, 1.82) is 0 Å². The Labute approximate surface area is 208 Å². The molecule has 0 aliphatic heterocycles. The predicted molar refractivity (Wildman–Crippen MR) is 137 cm³/mol. The summed E-state index contributed by atoms with van der Waals surface area (Å²) in [4.78, 5) is 27.6. The second-order valence-electron chi connectivity index (χ2n) is 9.48. The number of rotatable bonds is 11. The summed E-state index contributed by atoms with van der Waals surface area (Å²) < 4.78 is 39.7. The van der Waals surface area contributed by atoms with Crippen molar-refractivity contribution >= 4 is 27.5 Å². The number of carbonyl (C=O) groups excluding carboxylic acids is 2. The second-order valence-corrected chi connectivity index (χ2v) is 11.4. The van der Waals surface area contributed by atoms with Gasteiger partial charge in [0.2, 0.25) is 21.8 Å². The monoisotopic (exact) mass is 505 g/mol. The van der Waals surface area contributed by atoms with Gasteiger partial charge in [-0.3, -0.25) is 13.9 Å². The van der Waals surface area contributed by atoms with E-state index in [0.29, 0.717) is 17.8 Å². The van der Waals surface area contributed by atoms with E-state index in [2.05, 4.69) is 5.32 Å². The van der Waals surface area contributed by atoms with Gasteiger partial charge in [0.05, 0.1) is 11.9 Å². The van der Waals surface area contributed by atoms with E-state index in [1.54, 1.807) is 19.1 Å². The molecule has 0 aliphatic rings. The van der Waals surface area contributed by atoms with Crippen molar-refractivity contribution < 1.29 is 22.4 Å². The van der Waals surface area contributed by atoms with Crippen LogP contribution in [0, 0.1) is 11.7 Å². The number of nitrogens with one attached hydrogen (secondary N) is 1. The summed E-state index contributed by atoms with van der Waals surface area (Å²) >= 11 is 0. The van der Waals surface area contributed by atoms with E-state index >= 15 is 0 Å². The van der Waals surface area contributed by atoms with E-state index in [0.717, 1.165) is 16.1 Å². The molecule has 0 radical (unpaired) electrons. The largest absolute Gasteiger partial charge is 0.354 e. The van der Waals surface area contributed by atoms with Gasteiger partial charge in [0.1, 0.15) is 18.4 Å². The molecule has 192 valence electrons. The van der Waals surface area contributed by atoms with Crippen LogP contribution >= 0.6 is 0 Å². The normalized spacial score (nSPS) is 12.5. The highest BCUT2D eigenvalue weighted by molar-refractivity contribution is 7.92. The van der Waals surface area contributed by atoms with Crippen LogP contribution in [0.1, 0.15) is 51.7 Å². The zero-order valence-electron chi connectivity index (χ0n) is 21.3. The molecule has 0 bridgehead atoms. The van der Waals surface area contributed by atoms with E-state index in [1.165, 1.54) is 29.2 Å². The van der Waals surface area contributed by atoms with Crippen LogP contribution in [0.25, 0.3) is 0 Å². The van der Waals surface area contributed by atoms with Crippen LogP contribution in [0.15, 0.2) is 48.5 Å². The Morgan fingerprint density at radius 2 is 1.51 bits per heavy atom. The summed E-state index contributed by atoms with van der Waals surface area (Å²) in [5.74, 6) is -0.806. The Kier molecular flexibility index (Phi) is 9.82. The number of amides is 2. The lowest BCUT2D eigenvalue weighted by Crippen LogP contribution is -2.51. The molecule has 1 N–H and O–H groups in total. The number of anilines is 1. The average molecular weight is 506 g/mol. The fourth-order valence-electron chi connectivity index (χ4n) is 3.46. The third-order valence-electron chi connectivity index (χ3n) is 5.64. The third kappa shape index (κ3) is 8.35. The van der Waals surface area contributed by atoms with Crippen molar-refractivity contribution in [3.8, 4) is 0 Å².